The van der Waals surface area contributed by atoms with Gasteiger partial charge < -0.3 is 49.3 Å². The van der Waals surface area contributed by atoms with Crippen LogP contribution >= 0.6 is 0 Å². The van der Waals surface area contributed by atoms with Gasteiger partial charge in [-0.3, -0.25) is 9.59 Å². The van der Waals surface area contributed by atoms with Crippen molar-refractivity contribution in [2.45, 2.75) is 84.2 Å². The lowest BCUT2D eigenvalue weighted by Crippen LogP contribution is -2.52. The van der Waals surface area contributed by atoms with E-state index in [1.54, 1.807) is 16.0 Å². The Labute approximate surface area is 390 Å². The molecule has 0 spiro atoms. The van der Waals surface area contributed by atoms with Gasteiger partial charge >= 0.3 is 12.2 Å². The van der Waals surface area contributed by atoms with Gasteiger partial charge in [-0.15, -0.1) is 0 Å². The third kappa shape index (κ3) is 8.80. The quantitative estimate of drug-likeness (QED) is 0.0818. The monoisotopic (exact) mass is 910 g/mol. The molecule has 0 radical (unpaired) electrons. The van der Waals surface area contributed by atoms with Crippen LogP contribution in [0.15, 0.2) is 60.8 Å². The molecule has 1 unspecified atom stereocenters. The maximum Gasteiger partial charge on any atom is 0.407 e. The average Bonchev–Trinajstić information content (AvgIpc) is 4.07. The van der Waals surface area contributed by atoms with Gasteiger partial charge in [0.1, 0.15) is 42.1 Å². The van der Waals surface area contributed by atoms with Crippen LogP contribution in [0, 0.1) is 35.5 Å². The lowest BCUT2D eigenvalue weighted by Gasteiger charge is -2.33. The Morgan fingerprint density at radius 2 is 1.63 bits per heavy atom. The van der Waals surface area contributed by atoms with Crippen molar-refractivity contribution in [2.75, 3.05) is 40.5 Å². The minimum absolute atomic E-state index is 0.122. The van der Waals surface area contributed by atoms with Crippen molar-refractivity contribution in [1.82, 2.24) is 40.4 Å². The van der Waals surface area contributed by atoms with Crippen LogP contribution < -0.4 is 15.4 Å². The Morgan fingerprint density at radius 1 is 0.896 bits per heavy atom. The molecule has 3 aliphatic heterocycles. The fraction of sp³-hybridized carbons (Fsp3) is 0.451. The smallest absolute Gasteiger partial charge is 0.407 e. The number of imidazole rings is 2. The number of benzene rings is 2. The number of fused-ring (bicyclic) bond motifs is 6. The van der Waals surface area contributed by atoms with Gasteiger partial charge in [-0.05, 0) is 77.1 Å². The molecule has 5 aliphatic rings. The van der Waals surface area contributed by atoms with Crippen LogP contribution in [0.5, 0.6) is 5.75 Å². The summed E-state index contributed by atoms with van der Waals surface area (Å²) in [6.45, 7) is 14.2. The summed E-state index contributed by atoms with van der Waals surface area (Å²) >= 11 is 0. The fourth-order valence-corrected chi connectivity index (χ4v) is 9.68. The zero-order valence-corrected chi connectivity index (χ0v) is 38.9. The van der Waals surface area contributed by atoms with Gasteiger partial charge in [0.25, 0.3) is 0 Å². The van der Waals surface area contributed by atoms with E-state index in [-0.39, 0.29) is 29.6 Å². The zero-order chi connectivity index (χ0) is 47.1. The number of aromatic nitrogens is 4. The van der Waals surface area contributed by atoms with Crippen LogP contribution in [-0.4, -0.2) is 106 Å². The van der Waals surface area contributed by atoms with Crippen LogP contribution in [0.3, 0.4) is 0 Å². The number of hydrogen-bond acceptors (Lipinski definition) is 10. The second kappa shape index (κ2) is 18.8. The number of methoxy groups -OCH3 is 2. The van der Waals surface area contributed by atoms with Crippen LogP contribution in [0.1, 0.15) is 81.1 Å². The molecular weight excluding hydrogens is 853 g/mol. The molecule has 5 heterocycles. The number of nitrogens with zero attached hydrogens (tertiary/aromatic N) is 4. The van der Waals surface area contributed by atoms with E-state index in [0.717, 1.165) is 81.0 Å². The van der Waals surface area contributed by atoms with E-state index in [1.807, 2.05) is 27.7 Å². The van der Waals surface area contributed by atoms with Crippen molar-refractivity contribution in [3.05, 3.63) is 89.3 Å². The van der Waals surface area contributed by atoms with Crippen molar-refractivity contribution in [3.63, 3.8) is 0 Å². The van der Waals surface area contributed by atoms with Crippen molar-refractivity contribution in [3.8, 4) is 51.2 Å². The van der Waals surface area contributed by atoms with E-state index in [4.69, 9.17) is 23.9 Å². The summed E-state index contributed by atoms with van der Waals surface area (Å²) in [4.78, 5) is 73.1. The lowest BCUT2D eigenvalue weighted by molar-refractivity contribution is -0.136. The summed E-state index contributed by atoms with van der Waals surface area (Å²) in [5.41, 5.74) is 9.56. The maximum atomic E-state index is 14.4. The first-order chi connectivity index (χ1) is 32.3. The second-order valence-electron chi connectivity index (χ2n) is 18.6. The van der Waals surface area contributed by atoms with Crippen molar-refractivity contribution in [2.24, 2.45) is 23.7 Å². The summed E-state index contributed by atoms with van der Waals surface area (Å²) < 4.78 is 22.3. The molecule has 4 N–H and O–H groups in total. The summed E-state index contributed by atoms with van der Waals surface area (Å²) in [7, 11) is 2.56. The number of allylic oxidation sites excluding steroid dienone is 1. The van der Waals surface area contributed by atoms with Crippen LogP contribution in [0.4, 0.5) is 9.59 Å². The number of hydrogen-bond donors (Lipinski definition) is 4. The molecule has 4 amide bonds. The third-order valence-corrected chi connectivity index (χ3v) is 13.6. The van der Waals surface area contributed by atoms with Gasteiger partial charge in [-0.25, -0.2) is 19.6 Å². The van der Waals surface area contributed by atoms with E-state index in [9.17, 15) is 19.2 Å². The number of aromatic amines is 2. The van der Waals surface area contributed by atoms with Crippen LogP contribution in [-0.2, 0) is 43.2 Å². The van der Waals surface area contributed by atoms with E-state index in [0.29, 0.717) is 56.9 Å². The third-order valence-electron chi connectivity index (χ3n) is 13.6. The molecule has 16 heteroatoms. The van der Waals surface area contributed by atoms with Crippen LogP contribution in [0.2, 0.25) is 0 Å². The van der Waals surface area contributed by atoms with Gasteiger partial charge in [0.05, 0.1) is 45.0 Å². The molecule has 0 saturated carbocycles. The van der Waals surface area contributed by atoms with Gasteiger partial charge in [0.2, 0.25) is 11.8 Å². The Hall–Kier alpha value is -6.86. The molecule has 2 aliphatic carbocycles. The van der Waals surface area contributed by atoms with Crippen molar-refractivity contribution < 1.29 is 38.1 Å². The Morgan fingerprint density at radius 3 is 2.31 bits per heavy atom. The van der Waals surface area contributed by atoms with Crippen molar-refractivity contribution >= 4 is 24.0 Å². The fourth-order valence-electron chi connectivity index (χ4n) is 9.68. The number of aryl methyl sites for hydroxylation is 2. The van der Waals surface area contributed by atoms with Gasteiger partial charge in [-0.1, -0.05) is 70.4 Å². The number of amides is 4. The molecule has 6 atom stereocenters. The predicted octanol–water partition coefficient (Wildman–Crippen LogP) is 6.81. The normalized spacial score (nSPS) is 20.9. The second-order valence-corrected chi connectivity index (χ2v) is 18.6. The van der Waals surface area contributed by atoms with Crippen LogP contribution in [0.25, 0.3) is 33.6 Å². The largest absolute Gasteiger partial charge is 0.488 e. The first-order valence-electron chi connectivity index (χ1n) is 23.1. The highest BCUT2D eigenvalue weighted by atomic mass is 16.5. The minimum Gasteiger partial charge on any atom is -0.488 e. The number of ether oxygens (including phenoxy) is 4. The van der Waals surface area contributed by atoms with Gasteiger partial charge in [0.15, 0.2) is 6.04 Å². The zero-order valence-electron chi connectivity index (χ0n) is 38.9. The van der Waals surface area contributed by atoms with E-state index >= 15 is 0 Å². The highest BCUT2D eigenvalue weighted by molar-refractivity contribution is 5.88. The molecule has 1 fully saturated rings. The molecule has 67 heavy (non-hydrogen) atoms. The summed E-state index contributed by atoms with van der Waals surface area (Å²) in [5.74, 6) is 7.69. The molecule has 2 aromatic carbocycles. The van der Waals surface area contributed by atoms with E-state index in [1.165, 1.54) is 14.2 Å². The van der Waals surface area contributed by atoms with E-state index in [2.05, 4.69) is 86.5 Å². The first-order valence-corrected chi connectivity index (χ1v) is 23.1. The number of likely N-dealkylation sites (tertiary alicyclic amines) is 1. The van der Waals surface area contributed by atoms with Gasteiger partial charge in [-0.2, -0.15) is 0 Å². The number of rotatable bonds is 13. The number of nitrogens with one attached hydrogen (secondary N) is 4. The number of carbonyl (C=O) groups excluding carboxylic acids is 4. The minimum atomic E-state index is -0.811. The molecule has 9 rings (SSSR count). The van der Waals surface area contributed by atoms with Gasteiger partial charge in [0, 0.05) is 48.2 Å². The topological polar surface area (TPSA) is 193 Å². The number of carbonyl (C=O) groups is 4. The predicted molar refractivity (Wildman–Crippen MR) is 249 cm³/mol. The van der Waals surface area contributed by atoms with E-state index < -0.39 is 36.4 Å². The summed E-state index contributed by atoms with van der Waals surface area (Å²) in [6.07, 6.45) is 7.75. The number of alkyl carbamates (subject to hydrolysis) is 2. The lowest BCUT2D eigenvalue weighted by atomic mass is 9.86. The Balaban J connectivity index is 0.960. The highest BCUT2D eigenvalue weighted by Gasteiger charge is 2.45. The summed E-state index contributed by atoms with van der Waals surface area (Å²) in [6, 6.07) is 7.82. The SMILES string of the molecule is C=C1[C@@H](COCC2C=CC2)CN(C(=O)[C@@H](NC(=O)OC)C(C)C)[C@@H]1c1nc2c([nH]1)CCc1cc3c(cc1-2)OCc1cc(-c2cnc([C@@H]4C#CCCN4C(=O)[C@@H](NC(=O)OC)C(C)C)[nH]2)ccc1-3. The summed E-state index contributed by atoms with van der Waals surface area (Å²) in [5, 5.41) is 5.44. The molecule has 4 aromatic rings. The number of H-pyrrole nitrogens is 2. The Kier molecular flexibility index (Phi) is 12.7. The standard InChI is InChI=1S/C51H58N8O8/c1-27(2)42(56-50(62)64-6)48(60)58-18-9-8-13-40(58)46-52-22-39(54-46)32-14-16-35-33(19-32)26-67-41-21-36-31(20-37(35)41)15-17-38-44(36)55-47(53-38)45-29(5)34(25-66-24-30-11-10-12-30)23-59(45)49(61)43(28(3)4)57-51(63)65-7/h10-11,14,16,19-22,27-28,30,34,40,42-43,45H,5,9,12,15,17-18,23-26H2,1-4,6-7H3,(H,52,54)(H,53,55)(H,56,62)(H,57,63)/t30?,34-,40+,42+,43+,45+/m1/s1. The molecule has 1 saturated heterocycles. The highest BCUT2D eigenvalue weighted by Crippen LogP contribution is 2.46. The maximum absolute atomic E-state index is 14.4. The molecule has 0 bridgehead atoms. The first kappa shape index (κ1) is 45.3. The molecule has 350 valence electrons. The Bertz CT molecular complexity index is 2710. The molecular formula is C51H58N8O8. The molecule has 2 aromatic heterocycles. The molecule has 16 nitrogen and oxygen atoms in total. The average molecular weight is 911 g/mol. The van der Waals surface area contributed by atoms with Crippen molar-refractivity contribution in [1.29, 1.82) is 0 Å².